The molecule has 4 aliphatic carbocycles. The Morgan fingerprint density at radius 3 is 2.77 bits per heavy atom. The molecule has 154 valence electrons. The number of aromatic nitrogens is 1. The van der Waals surface area contributed by atoms with Crippen LogP contribution in [-0.2, 0) is 6.42 Å². The van der Waals surface area contributed by atoms with Crippen molar-refractivity contribution in [3.8, 4) is 0 Å². The average molecular weight is 406 g/mol. The molecule has 2 aromatic rings. The molecule has 4 atom stereocenters. The molecule has 2 heterocycles. The van der Waals surface area contributed by atoms with Gasteiger partial charge < -0.3 is 0 Å². The highest BCUT2D eigenvalue weighted by Crippen LogP contribution is 2.76. The van der Waals surface area contributed by atoms with Gasteiger partial charge in [0.2, 0.25) is 0 Å². The van der Waals surface area contributed by atoms with Gasteiger partial charge in [-0.25, -0.2) is 4.68 Å². The minimum absolute atomic E-state index is 0.289. The Balaban J connectivity index is 1.35. The summed E-state index contributed by atoms with van der Waals surface area (Å²) in [5, 5.41) is 4.65. The van der Waals surface area contributed by atoms with Gasteiger partial charge in [-0.1, -0.05) is 24.3 Å². The third kappa shape index (κ3) is 2.01. The quantitative estimate of drug-likeness (QED) is 0.570. The maximum atomic E-state index is 5.10. The largest absolute Gasteiger partial charge is 0.279 e. The van der Waals surface area contributed by atoms with Crippen LogP contribution in [0.5, 0.6) is 0 Å². The van der Waals surface area contributed by atoms with Crippen molar-refractivity contribution in [1.29, 1.82) is 0 Å². The molecule has 1 spiro atoms. The van der Waals surface area contributed by atoms with Crippen molar-refractivity contribution in [2.45, 2.75) is 46.1 Å². The summed E-state index contributed by atoms with van der Waals surface area (Å²) in [5.74, 6) is 1.30. The smallest absolute Gasteiger partial charge is 0.0882 e. The predicted octanol–water partition coefficient (Wildman–Crippen LogP) is 5.74. The molecule has 5 aliphatic rings. The van der Waals surface area contributed by atoms with E-state index in [0.29, 0.717) is 12.0 Å². The molecule has 3 unspecified atom stereocenters. The second-order valence-corrected chi connectivity index (χ2v) is 10.1. The highest BCUT2D eigenvalue weighted by Gasteiger charge is 2.77. The van der Waals surface area contributed by atoms with Gasteiger partial charge in [0, 0.05) is 12.4 Å². The summed E-state index contributed by atoms with van der Waals surface area (Å²) in [6.07, 6.45) is 9.57. The van der Waals surface area contributed by atoms with E-state index in [9.17, 15) is 0 Å². The number of aliphatic imine (C=N–C) groups is 1. The summed E-state index contributed by atoms with van der Waals surface area (Å²) in [7, 11) is 0. The van der Waals surface area contributed by atoms with Gasteiger partial charge in [-0.2, -0.15) is 5.10 Å². The van der Waals surface area contributed by atoms with Crippen molar-refractivity contribution in [1.82, 2.24) is 4.68 Å². The molecule has 1 fully saturated rings. The van der Waals surface area contributed by atoms with Crippen LogP contribution in [0, 0.1) is 24.2 Å². The summed E-state index contributed by atoms with van der Waals surface area (Å²) in [4.78, 5) is 5.10. The fraction of sp³-hybridized carbons (Fsp3) is 0.357. The first-order valence-electron chi connectivity index (χ1n) is 11.5. The Labute approximate surface area is 183 Å². The number of benzene rings is 1. The lowest BCUT2D eigenvalue weighted by Gasteiger charge is -2.44. The fourth-order valence-corrected chi connectivity index (χ4v) is 7.22. The maximum Gasteiger partial charge on any atom is 0.0882 e. The van der Waals surface area contributed by atoms with Crippen molar-refractivity contribution in [2.75, 3.05) is 0 Å². The van der Waals surface area contributed by atoms with E-state index in [2.05, 4.69) is 44.6 Å². The van der Waals surface area contributed by atoms with Gasteiger partial charge in [-0.15, -0.1) is 0 Å². The van der Waals surface area contributed by atoms with E-state index in [0.717, 1.165) is 12.3 Å². The summed E-state index contributed by atoms with van der Waals surface area (Å²) in [5.41, 5.74) is 14.5. The molecule has 3 heteroatoms. The molecule has 1 saturated carbocycles. The zero-order valence-corrected chi connectivity index (χ0v) is 18.4. The first-order valence-corrected chi connectivity index (χ1v) is 11.5. The van der Waals surface area contributed by atoms with Crippen molar-refractivity contribution in [3.63, 3.8) is 0 Å². The number of fused-ring (bicyclic) bond motifs is 3. The maximum absolute atomic E-state index is 5.10. The molecule has 0 radical (unpaired) electrons. The van der Waals surface area contributed by atoms with E-state index in [1.165, 1.54) is 52.0 Å². The Kier molecular flexibility index (Phi) is 3.22. The minimum atomic E-state index is 0.289. The molecule has 1 aromatic carbocycles. The van der Waals surface area contributed by atoms with Crippen LogP contribution < -0.4 is 0 Å². The van der Waals surface area contributed by atoms with Crippen LogP contribution in [0.4, 0.5) is 0 Å². The van der Waals surface area contributed by atoms with Gasteiger partial charge in [-0.05, 0) is 109 Å². The fourth-order valence-electron chi connectivity index (χ4n) is 7.22. The monoisotopic (exact) mass is 405 g/mol. The van der Waals surface area contributed by atoms with Crippen molar-refractivity contribution in [2.24, 2.45) is 27.3 Å². The lowest BCUT2D eigenvalue weighted by molar-refractivity contribution is 0.289. The van der Waals surface area contributed by atoms with Crippen molar-refractivity contribution >= 4 is 17.5 Å². The van der Waals surface area contributed by atoms with Crippen LogP contribution in [0.25, 0.3) is 5.57 Å². The molecule has 1 aliphatic heterocycles. The van der Waals surface area contributed by atoms with E-state index in [-0.39, 0.29) is 5.41 Å². The lowest BCUT2D eigenvalue weighted by atomic mass is 9.60. The van der Waals surface area contributed by atoms with Crippen molar-refractivity contribution in [3.05, 3.63) is 87.8 Å². The molecule has 0 N–H and O–H groups in total. The molecule has 31 heavy (non-hydrogen) atoms. The second kappa shape index (κ2) is 5.64. The zero-order valence-electron chi connectivity index (χ0n) is 18.4. The van der Waals surface area contributed by atoms with Crippen LogP contribution in [0.1, 0.15) is 48.9 Å². The van der Waals surface area contributed by atoms with Gasteiger partial charge in [0.25, 0.3) is 0 Å². The molecule has 1 aromatic heterocycles. The number of hydrogen-bond acceptors (Lipinski definition) is 2. The first-order chi connectivity index (χ1) is 15.0. The van der Waals surface area contributed by atoms with Crippen LogP contribution >= 0.6 is 0 Å². The van der Waals surface area contributed by atoms with E-state index >= 15 is 0 Å². The standard InChI is InChI=1S/C28H27N3/c1-15-7-8-19(14-29-31-9-5-6-10-31)22-13-20-12-21-11-16(2)17(3)26-28(21)25(27(28)30-26)24(20)18(4)23(15)22/h5-10,14,20-21,27H,4,11-13H2,1-3H3/t20?,21?,27?,28-/m0/s1. The molecular formula is C28H27N3. The van der Waals surface area contributed by atoms with E-state index in [1.54, 1.807) is 16.7 Å². The third-order valence-electron chi connectivity index (χ3n) is 8.73. The van der Waals surface area contributed by atoms with Gasteiger partial charge in [0.15, 0.2) is 0 Å². The highest BCUT2D eigenvalue weighted by molar-refractivity contribution is 6.18. The van der Waals surface area contributed by atoms with Gasteiger partial charge >= 0.3 is 0 Å². The van der Waals surface area contributed by atoms with Gasteiger partial charge in [-0.3, -0.25) is 4.99 Å². The Hall–Kier alpha value is -2.94. The average Bonchev–Trinajstić information content (AvgIpc) is 3.05. The molecule has 0 bridgehead atoms. The number of aryl methyl sites for hydroxylation is 1. The predicted molar refractivity (Wildman–Crippen MR) is 127 cm³/mol. The van der Waals surface area contributed by atoms with Crippen LogP contribution in [0.2, 0.25) is 0 Å². The van der Waals surface area contributed by atoms with Crippen LogP contribution in [-0.4, -0.2) is 22.6 Å². The molecule has 3 nitrogen and oxygen atoms in total. The number of nitrogens with zero attached hydrogens (tertiary/aromatic N) is 3. The molecule has 0 saturated heterocycles. The Bertz CT molecular complexity index is 1310. The number of allylic oxidation sites excluding steroid dienone is 4. The third-order valence-corrected chi connectivity index (χ3v) is 8.73. The summed E-state index contributed by atoms with van der Waals surface area (Å²) in [6.45, 7) is 11.5. The topological polar surface area (TPSA) is 29.6 Å². The van der Waals surface area contributed by atoms with E-state index in [1.807, 2.05) is 35.4 Å². The van der Waals surface area contributed by atoms with Crippen LogP contribution in [0.15, 0.2) is 75.6 Å². The zero-order chi connectivity index (χ0) is 21.1. The summed E-state index contributed by atoms with van der Waals surface area (Å²) >= 11 is 0. The second-order valence-electron chi connectivity index (χ2n) is 10.1. The van der Waals surface area contributed by atoms with Crippen LogP contribution in [0.3, 0.4) is 0 Å². The van der Waals surface area contributed by atoms with E-state index in [4.69, 9.17) is 4.99 Å². The highest BCUT2D eigenvalue weighted by atomic mass is 15.3. The SMILES string of the molecule is C=C1C2=C3C4N=C5C(C)=C(C)CC(CC2Cc2c(C=Nn6cccc6)ccc(C)c21)[C@@]534. The summed E-state index contributed by atoms with van der Waals surface area (Å²) < 4.78 is 1.86. The molecule has 0 amide bonds. The van der Waals surface area contributed by atoms with Gasteiger partial charge in [0.1, 0.15) is 0 Å². The lowest BCUT2D eigenvalue weighted by Crippen LogP contribution is -2.42. The molecular weight excluding hydrogens is 378 g/mol. The summed E-state index contributed by atoms with van der Waals surface area (Å²) in [6, 6.07) is 8.92. The number of hydrogen-bond donors (Lipinski definition) is 0. The van der Waals surface area contributed by atoms with E-state index < -0.39 is 0 Å². The van der Waals surface area contributed by atoms with Crippen molar-refractivity contribution < 1.29 is 0 Å². The van der Waals surface area contributed by atoms with Gasteiger partial charge in [0.05, 0.1) is 23.4 Å². The Morgan fingerprint density at radius 2 is 1.97 bits per heavy atom. The normalized spacial score (nSPS) is 32.3. The minimum Gasteiger partial charge on any atom is -0.279 e. The first kappa shape index (κ1) is 17.7. The molecule has 7 rings (SSSR count). The Morgan fingerprint density at radius 1 is 1.16 bits per heavy atom. The number of rotatable bonds is 2.